The number of fused-ring (bicyclic) bond motifs is 1. The molecule has 6 heteroatoms. The largest absolute Gasteiger partial charge is 0.466 e. The molecule has 0 unspecified atom stereocenters. The average molecular weight is 394 g/mol. The van der Waals surface area contributed by atoms with Crippen molar-refractivity contribution in [1.29, 1.82) is 0 Å². The van der Waals surface area contributed by atoms with E-state index in [2.05, 4.69) is 4.98 Å². The molecule has 0 aliphatic carbocycles. The third-order valence-electron chi connectivity index (χ3n) is 4.96. The molecule has 0 saturated carbocycles. The summed E-state index contributed by atoms with van der Waals surface area (Å²) >= 11 is 0. The average Bonchev–Trinajstić information content (AvgIpc) is 3.17. The standard InChI is InChI=1S/C23H26N2O4/c1-4-10-29-22(27)13-23(28,21-14-25(3)15-24-21)19-9-8-16-11-18(20(26)5-2)7-6-17(16)12-19/h6-9,11-12,14-15,28H,4-5,10,13H2,1-3H3/t23-/m0/s1. The molecule has 29 heavy (non-hydrogen) atoms. The zero-order chi connectivity index (χ0) is 21.0. The summed E-state index contributed by atoms with van der Waals surface area (Å²) in [6.07, 6.45) is 4.20. The molecule has 0 bridgehead atoms. The van der Waals surface area contributed by atoms with Crippen LogP contribution in [0.1, 0.15) is 54.7 Å². The van der Waals surface area contributed by atoms with Gasteiger partial charge in [0.1, 0.15) is 5.60 Å². The molecule has 0 fully saturated rings. The quantitative estimate of drug-likeness (QED) is 0.465. The number of esters is 1. The Hall–Kier alpha value is -2.99. The minimum Gasteiger partial charge on any atom is -0.466 e. The summed E-state index contributed by atoms with van der Waals surface area (Å²) in [5.41, 5.74) is -0.0220. The number of aliphatic hydroxyl groups is 1. The molecule has 1 aromatic heterocycles. The minimum atomic E-state index is -1.61. The normalized spacial score (nSPS) is 13.2. The Bertz CT molecular complexity index is 1040. The number of ketones is 1. The van der Waals surface area contributed by atoms with Crippen LogP contribution >= 0.6 is 0 Å². The highest BCUT2D eigenvalue weighted by atomic mass is 16.5. The molecule has 0 amide bonds. The zero-order valence-corrected chi connectivity index (χ0v) is 17.0. The van der Waals surface area contributed by atoms with E-state index in [1.807, 2.05) is 38.1 Å². The van der Waals surface area contributed by atoms with Crippen LogP contribution in [0.5, 0.6) is 0 Å². The lowest BCUT2D eigenvalue weighted by molar-refractivity contribution is -0.148. The maximum absolute atomic E-state index is 12.3. The van der Waals surface area contributed by atoms with E-state index in [1.54, 1.807) is 36.3 Å². The number of rotatable bonds is 8. The number of hydrogen-bond acceptors (Lipinski definition) is 5. The molecule has 3 aromatic rings. The summed E-state index contributed by atoms with van der Waals surface area (Å²) in [5, 5.41) is 13.3. The molecule has 0 saturated heterocycles. The second-order valence-electron chi connectivity index (χ2n) is 7.24. The van der Waals surface area contributed by atoms with Gasteiger partial charge in [0.05, 0.1) is 25.0 Å². The summed E-state index contributed by atoms with van der Waals surface area (Å²) in [6, 6.07) is 10.9. The SMILES string of the molecule is CCCOC(=O)C[C@](O)(c1ccc2cc(C(=O)CC)ccc2c1)c1cn(C)cn1. The van der Waals surface area contributed by atoms with Gasteiger partial charge < -0.3 is 14.4 Å². The number of carbonyl (C=O) groups excluding carboxylic acids is 2. The molecule has 0 aliphatic heterocycles. The number of hydrogen-bond donors (Lipinski definition) is 1. The molecule has 1 atom stereocenters. The van der Waals surface area contributed by atoms with E-state index >= 15 is 0 Å². The molecular weight excluding hydrogens is 368 g/mol. The number of ether oxygens (including phenoxy) is 1. The fraction of sp³-hybridized carbons (Fsp3) is 0.348. The van der Waals surface area contributed by atoms with Crippen LogP contribution in [0.3, 0.4) is 0 Å². The summed E-state index contributed by atoms with van der Waals surface area (Å²) in [7, 11) is 1.80. The van der Waals surface area contributed by atoms with E-state index in [9.17, 15) is 14.7 Å². The zero-order valence-electron chi connectivity index (χ0n) is 17.0. The third kappa shape index (κ3) is 4.38. The first kappa shape index (κ1) is 20.7. The predicted molar refractivity (Wildman–Crippen MR) is 111 cm³/mol. The minimum absolute atomic E-state index is 0.0830. The molecular formula is C23H26N2O4. The summed E-state index contributed by atoms with van der Waals surface area (Å²) < 4.78 is 6.93. The molecule has 1 heterocycles. The summed E-state index contributed by atoms with van der Waals surface area (Å²) in [6.45, 7) is 4.06. The molecule has 0 radical (unpaired) electrons. The Balaban J connectivity index is 2.03. The van der Waals surface area contributed by atoms with Crippen molar-refractivity contribution < 1.29 is 19.4 Å². The number of imidazole rings is 1. The second-order valence-corrected chi connectivity index (χ2v) is 7.24. The van der Waals surface area contributed by atoms with E-state index in [0.717, 1.165) is 10.8 Å². The maximum Gasteiger partial charge on any atom is 0.309 e. The Labute approximate surface area is 170 Å². The van der Waals surface area contributed by atoms with Crippen molar-refractivity contribution in [2.45, 2.75) is 38.7 Å². The highest BCUT2D eigenvalue weighted by molar-refractivity contribution is 5.99. The van der Waals surface area contributed by atoms with E-state index in [1.165, 1.54) is 0 Å². The first-order valence-electron chi connectivity index (χ1n) is 9.81. The van der Waals surface area contributed by atoms with Gasteiger partial charge in [-0.2, -0.15) is 0 Å². The maximum atomic E-state index is 12.3. The summed E-state index contributed by atoms with van der Waals surface area (Å²) in [4.78, 5) is 28.6. The monoisotopic (exact) mass is 394 g/mol. The van der Waals surface area contributed by atoms with Gasteiger partial charge in [-0.1, -0.05) is 38.1 Å². The van der Waals surface area contributed by atoms with Crippen LogP contribution < -0.4 is 0 Å². The van der Waals surface area contributed by atoms with E-state index < -0.39 is 11.6 Å². The van der Waals surface area contributed by atoms with Gasteiger partial charge in [0.2, 0.25) is 0 Å². The number of nitrogens with zero attached hydrogens (tertiary/aromatic N) is 2. The highest BCUT2D eigenvalue weighted by Crippen LogP contribution is 2.34. The topological polar surface area (TPSA) is 81.4 Å². The molecule has 0 spiro atoms. The smallest absolute Gasteiger partial charge is 0.309 e. The van der Waals surface area contributed by atoms with Crippen molar-refractivity contribution in [3.63, 3.8) is 0 Å². The fourth-order valence-corrected chi connectivity index (χ4v) is 3.32. The molecule has 152 valence electrons. The molecule has 6 nitrogen and oxygen atoms in total. The van der Waals surface area contributed by atoms with Gasteiger partial charge in [0.25, 0.3) is 0 Å². The summed E-state index contributed by atoms with van der Waals surface area (Å²) in [5.74, 6) is -0.399. The van der Waals surface area contributed by atoms with Gasteiger partial charge in [-0.25, -0.2) is 4.98 Å². The van der Waals surface area contributed by atoms with Gasteiger partial charge in [-0.05, 0) is 34.9 Å². The van der Waals surface area contributed by atoms with Gasteiger partial charge >= 0.3 is 5.97 Å². The first-order valence-corrected chi connectivity index (χ1v) is 9.81. The van der Waals surface area contributed by atoms with Crippen molar-refractivity contribution in [3.8, 4) is 0 Å². The van der Waals surface area contributed by atoms with Crippen molar-refractivity contribution in [1.82, 2.24) is 9.55 Å². The van der Waals surface area contributed by atoms with Crippen LogP contribution in [0.15, 0.2) is 48.9 Å². The Kier molecular flexibility index (Phi) is 6.13. The number of carbonyl (C=O) groups is 2. The Morgan fingerprint density at radius 2 is 1.86 bits per heavy atom. The molecule has 1 N–H and O–H groups in total. The first-order chi connectivity index (χ1) is 13.9. The number of benzene rings is 2. The molecule has 2 aromatic carbocycles. The van der Waals surface area contributed by atoms with Crippen LogP contribution in [0.2, 0.25) is 0 Å². The fourth-order valence-electron chi connectivity index (χ4n) is 3.32. The molecule has 3 rings (SSSR count). The van der Waals surface area contributed by atoms with Crippen molar-refractivity contribution in [3.05, 3.63) is 65.7 Å². The number of aryl methyl sites for hydroxylation is 1. The van der Waals surface area contributed by atoms with E-state index in [4.69, 9.17) is 4.74 Å². The predicted octanol–water partition coefficient (Wildman–Crippen LogP) is 3.75. The number of aromatic nitrogens is 2. The molecule has 0 aliphatic rings. The van der Waals surface area contributed by atoms with Gasteiger partial charge in [-0.3, -0.25) is 9.59 Å². The van der Waals surface area contributed by atoms with Gasteiger partial charge in [0, 0.05) is 25.2 Å². The Morgan fingerprint density at radius 3 is 2.52 bits per heavy atom. The number of Topliss-reactive ketones (excluding diaryl/α,β-unsaturated/α-hetero) is 1. The van der Waals surface area contributed by atoms with E-state index in [0.29, 0.717) is 36.3 Å². The van der Waals surface area contributed by atoms with E-state index in [-0.39, 0.29) is 12.2 Å². The van der Waals surface area contributed by atoms with Crippen LogP contribution in [-0.4, -0.2) is 33.0 Å². The lowest BCUT2D eigenvalue weighted by Gasteiger charge is -2.26. The van der Waals surface area contributed by atoms with Crippen molar-refractivity contribution in [2.24, 2.45) is 7.05 Å². The van der Waals surface area contributed by atoms with Crippen molar-refractivity contribution in [2.75, 3.05) is 6.61 Å². The van der Waals surface area contributed by atoms with Gasteiger partial charge in [0.15, 0.2) is 5.78 Å². The Morgan fingerprint density at radius 1 is 1.14 bits per heavy atom. The van der Waals surface area contributed by atoms with Crippen LogP contribution in [0.4, 0.5) is 0 Å². The van der Waals surface area contributed by atoms with Crippen molar-refractivity contribution >= 4 is 22.5 Å². The second kappa shape index (κ2) is 8.57. The van der Waals surface area contributed by atoms with Crippen LogP contribution in [0.25, 0.3) is 10.8 Å². The highest BCUT2D eigenvalue weighted by Gasteiger charge is 2.37. The lowest BCUT2D eigenvalue weighted by atomic mass is 9.86. The van der Waals surface area contributed by atoms with Gasteiger partial charge in [-0.15, -0.1) is 0 Å². The third-order valence-corrected chi connectivity index (χ3v) is 4.96. The lowest BCUT2D eigenvalue weighted by Crippen LogP contribution is -2.32. The van der Waals surface area contributed by atoms with Crippen LogP contribution in [-0.2, 0) is 22.2 Å². The van der Waals surface area contributed by atoms with Crippen LogP contribution in [0, 0.1) is 0 Å².